The Labute approximate surface area is 114 Å². The van der Waals surface area contributed by atoms with Crippen LogP contribution >= 0.6 is 34.9 Å². The van der Waals surface area contributed by atoms with E-state index in [1.165, 1.54) is 0 Å². The molecule has 0 saturated heterocycles. The Hall–Kier alpha value is -0.270. The van der Waals surface area contributed by atoms with Crippen molar-refractivity contribution in [3.05, 3.63) is 0 Å². The van der Waals surface area contributed by atoms with E-state index in [4.69, 9.17) is 5.11 Å². The summed E-state index contributed by atoms with van der Waals surface area (Å²) in [5.41, 5.74) is -0.633. The van der Waals surface area contributed by atoms with Crippen molar-refractivity contribution in [1.82, 2.24) is 10.2 Å². The van der Waals surface area contributed by atoms with Gasteiger partial charge in [-0.15, -0.1) is 10.2 Å². The van der Waals surface area contributed by atoms with Gasteiger partial charge in [0.2, 0.25) is 0 Å². The van der Waals surface area contributed by atoms with Crippen LogP contribution in [-0.4, -0.2) is 33.3 Å². The van der Waals surface area contributed by atoms with E-state index in [0.29, 0.717) is 6.42 Å². The van der Waals surface area contributed by atoms with Gasteiger partial charge in [-0.25, -0.2) is 0 Å². The molecule has 0 aliphatic carbocycles. The number of nitrogens with zero attached hydrogens (tertiary/aromatic N) is 2. The normalized spacial score (nSPS) is 11.7. The molecular formula is C10H16N2O2S3. The van der Waals surface area contributed by atoms with E-state index < -0.39 is 11.4 Å². The maximum absolute atomic E-state index is 10.9. The summed E-state index contributed by atoms with van der Waals surface area (Å²) in [6, 6.07) is 0. The molecule has 0 aliphatic heterocycles. The first-order valence-electron chi connectivity index (χ1n) is 5.19. The standard InChI is InChI=1S/C10H16N2O2S3/c1-10(2,7(13)14)5-4-6-16-9-12-11-8(15-3)17-9/h4-6H2,1-3H3,(H,13,14). The minimum Gasteiger partial charge on any atom is -0.481 e. The maximum atomic E-state index is 10.9. The Morgan fingerprint density at radius 3 is 2.59 bits per heavy atom. The smallest absolute Gasteiger partial charge is 0.309 e. The number of carboxylic acids is 1. The third-order valence-electron chi connectivity index (χ3n) is 2.31. The van der Waals surface area contributed by atoms with Crippen LogP contribution in [0.4, 0.5) is 0 Å². The second-order valence-corrected chi connectivity index (χ2v) is 7.55. The van der Waals surface area contributed by atoms with Crippen LogP contribution in [0.1, 0.15) is 26.7 Å². The zero-order valence-corrected chi connectivity index (χ0v) is 12.5. The molecule has 0 saturated carbocycles. The van der Waals surface area contributed by atoms with Crippen LogP contribution in [0, 0.1) is 5.41 Å². The molecule has 96 valence electrons. The average Bonchev–Trinajstić information content (AvgIpc) is 2.72. The zero-order chi connectivity index (χ0) is 12.9. The number of hydrogen-bond acceptors (Lipinski definition) is 6. The second kappa shape index (κ2) is 6.61. The van der Waals surface area contributed by atoms with Gasteiger partial charge in [0.05, 0.1) is 5.41 Å². The molecule has 1 N–H and O–H groups in total. The molecule has 0 bridgehead atoms. The van der Waals surface area contributed by atoms with Crippen molar-refractivity contribution in [2.45, 2.75) is 35.4 Å². The van der Waals surface area contributed by atoms with Gasteiger partial charge in [0, 0.05) is 5.75 Å². The van der Waals surface area contributed by atoms with Gasteiger partial charge < -0.3 is 5.11 Å². The molecule has 4 nitrogen and oxygen atoms in total. The number of carboxylic acid groups (broad SMARTS) is 1. The highest BCUT2D eigenvalue weighted by Gasteiger charge is 2.26. The molecule has 0 amide bonds. The molecule has 0 fully saturated rings. The highest BCUT2D eigenvalue weighted by Crippen LogP contribution is 2.29. The van der Waals surface area contributed by atoms with Crippen LogP contribution in [0.15, 0.2) is 8.68 Å². The molecule has 0 spiro atoms. The highest BCUT2D eigenvalue weighted by atomic mass is 32.2. The lowest BCUT2D eigenvalue weighted by Crippen LogP contribution is -2.23. The summed E-state index contributed by atoms with van der Waals surface area (Å²) in [5, 5.41) is 17.0. The van der Waals surface area contributed by atoms with Crippen molar-refractivity contribution in [1.29, 1.82) is 0 Å². The molecule has 1 rings (SSSR count). The lowest BCUT2D eigenvalue weighted by Gasteiger charge is -2.17. The lowest BCUT2D eigenvalue weighted by atomic mass is 9.88. The number of aliphatic carboxylic acids is 1. The van der Waals surface area contributed by atoms with Crippen molar-refractivity contribution >= 4 is 40.8 Å². The van der Waals surface area contributed by atoms with Gasteiger partial charge in [-0.3, -0.25) is 4.79 Å². The van der Waals surface area contributed by atoms with E-state index in [0.717, 1.165) is 20.9 Å². The minimum atomic E-state index is -0.733. The fourth-order valence-electron chi connectivity index (χ4n) is 1.12. The molecule has 0 aliphatic rings. The summed E-state index contributed by atoms with van der Waals surface area (Å²) in [7, 11) is 0. The van der Waals surface area contributed by atoms with E-state index in [9.17, 15) is 4.79 Å². The van der Waals surface area contributed by atoms with Crippen LogP contribution in [-0.2, 0) is 4.79 Å². The number of hydrogen-bond donors (Lipinski definition) is 1. The third kappa shape index (κ3) is 4.85. The van der Waals surface area contributed by atoms with Crippen molar-refractivity contribution in [2.75, 3.05) is 12.0 Å². The summed E-state index contributed by atoms with van der Waals surface area (Å²) in [6.07, 6.45) is 3.53. The topological polar surface area (TPSA) is 63.1 Å². The molecule has 0 aromatic carbocycles. The molecule has 7 heteroatoms. The Balaban J connectivity index is 2.27. The fraction of sp³-hybridized carbons (Fsp3) is 0.700. The molecule has 17 heavy (non-hydrogen) atoms. The first-order valence-corrected chi connectivity index (χ1v) is 8.22. The quantitative estimate of drug-likeness (QED) is 0.615. The van der Waals surface area contributed by atoms with Gasteiger partial charge in [0.25, 0.3) is 0 Å². The predicted molar refractivity (Wildman–Crippen MR) is 73.1 cm³/mol. The van der Waals surface area contributed by atoms with Crippen LogP contribution < -0.4 is 0 Å². The van der Waals surface area contributed by atoms with Crippen LogP contribution in [0.2, 0.25) is 0 Å². The predicted octanol–water partition coefficient (Wildman–Crippen LogP) is 3.24. The molecule has 0 unspecified atom stereocenters. The molecular weight excluding hydrogens is 276 g/mol. The molecule has 1 aromatic heterocycles. The summed E-state index contributed by atoms with van der Waals surface area (Å²) < 4.78 is 1.93. The molecule has 0 radical (unpaired) electrons. The van der Waals surface area contributed by atoms with Gasteiger partial charge in [0.15, 0.2) is 8.68 Å². The van der Waals surface area contributed by atoms with Crippen molar-refractivity contribution < 1.29 is 9.90 Å². The van der Waals surface area contributed by atoms with Gasteiger partial charge in [-0.1, -0.05) is 34.9 Å². The van der Waals surface area contributed by atoms with Gasteiger partial charge in [0.1, 0.15) is 0 Å². The number of thioether (sulfide) groups is 2. The van der Waals surface area contributed by atoms with E-state index in [1.54, 1.807) is 48.7 Å². The Bertz CT molecular complexity index is 379. The maximum Gasteiger partial charge on any atom is 0.309 e. The highest BCUT2D eigenvalue weighted by molar-refractivity contribution is 8.02. The Morgan fingerprint density at radius 2 is 2.06 bits per heavy atom. The van der Waals surface area contributed by atoms with Crippen molar-refractivity contribution in [3.63, 3.8) is 0 Å². The summed E-state index contributed by atoms with van der Waals surface area (Å²) in [5.74, 6) is 0.155. The Kier molecular flexibility index (Phi) is 5.75. The molecule has 1 heterocycles. The summed E-state index contributed by atoms with van der Waals surface area (Å²) in [4.78, 5) is 10.9. The van der Waals surface area contributed by atoms with E-state index in [-0.39, 0.29) is 0 Å². The summed E-state index contributed by atoms with van der Waals surface area (Å²) >= 11 is 4.82. The number of aromatic nitrogens is 2. The van der Waals surface area contributed by atoms with E-state index in [1.807, 2.05) is 6.26 Å². The number of rotatable bonds is 7. The van der Waals surface area contributed by atoms with Crippen LogP contribution in [0.25, 0.3) is 0 Å². The molecule has 0 atom stereocenters. The lowest BCUT2D eigenvalue weighted by molar-refractivity contribution is -0.147. The number of carbonyl (C=O) groups is 1. The van der Waals surface area contributed by atoms with Crippen LogP contribution in [0.3, 0.4) is 0 Å². The van der Waals surface area contributed by atoms with E-state index in [2.05, 4.69) is 10.2 Å². The minimum absolute atomic E-state index is 0.633. The first kappa shape index (κ1) is 14.8. The van der Waals surface area contributed by atoms with Gasteiger partial charge >= 0.3 is 5.97 Å². The first-order chi connectivity index (χ1) is 7.95. The second-order valence-electron chi connectivity index (χ2n) is 4.18. The van der Waals surface area contributed by atoms with Crippen molar-refractivity contribution in [3.8, 4) is 0 Å². The Morgan fingerprint density at radius 1 is 1.41 bits per heavy atom. The van der Waals surface area contributed by atoms with Crippen LogP contribution in [0.5, 0.6) is 0 Å². The third-order valence-corrected chi connectivity index (χ3v) is 5.43. The summed E-state index contributed by atoms with van der Waals surface area (Å²) in [6.45, 7) is 3.52. The monoisotopic (exact) mass is 292 g/mol. The van der Waals surface area contributed by atoms with Gasteiger partial charge in [-0.05, 0) is 32.9 Å². The largest absolute Gasteiger partial charge is 0.481 e. The zero-order valence-electron chi connectivity index (χ0n) is 10.1. The van der Waals surface area contributed by atoms with E-state index >= 15 is 0 Å². The van der Waals surface area contributed by atoms with Gasteiger partial charge in [-0.2, -0.15) is 0 Å². The average molecular weight is 292 g/mol. The van der Waals surface area contributed by atoms with Crippen molar-refractivity contribution in [2.24, 2.45) is 5.41 Å². The molecule has 1 aromatic rings. The fourth-order valence-corrected chi connectivity index (χ4v) is 3.57. The SMILES string of the molecule is CSc1nnc(SCCCC(C)(C)C(=O)O)s1.